The van der Waals surface area contributed by atoms with Crippen molar-refractivity contribution in [1.82, 2.24) is 16.1 Å². The van der Waals surface area contributed by atoms with E-state index < -0.39 is 24.3 Å². The topological polar surface area (TPSA) is 173 Å². The number of esters is 1. The van der Waals surface area contributed by atoms with Crippen molar-refractivity contribution in [3.8, 4) is 29.1 Å². The van der Waals surface area contributed by atoms with E-state index in [0.29, 0.717) is 58.6 Å². The fourth-order valence-corrected chi connectivity index (χ4v) is 4.72. The quantitative estimate of drug-likeness (QED) is 0.0819. The smallest absolute Gasteiger partial charge is 0.337 e. The summed E-state index contributed by atoms with van der Waals surface area (Å²) in [6, 6.07) is 18.4. The molecule has 0 unspecified atom stereocenters. The van der Waals surface area contributed by atoms with Crippen LogP contribution >= 0.6 is 0 Å². The molecule has 0 radical (unpaired) electrons. The van der Waals surface area contributed by atoms with Gasteiger partial charge in [0.1, 0.15) is 13.2 Å². The van der Waals surface area contributed by atoms with Gasteiger partial charge in [-0.05, 0) is 68.3 Å². The maximum absolute atomic E-state index is 12.5. The monoisotopic (exact) mass is 643 g/mol. The van der Waals surface area contributed by atoms with Gasteiger partial charge in [-0.2, -0.15) is 10.4 Å². The summed E-state index contributed by atoms with van der Waals surface area (Å²) < 4.78 is 28.2. The van der Waals surface area contributed by atoms with E-state index in [9.17, 15) is 20.0 Å². The molecule has 2 amide bonds. The van der Waals surface area contributed by atoms with E-state index in [1.54, 1.807) is 62.4 Å². The van der Waals surface area contributed by atoms with E-state index >= 15 is 0 Å². The first-order chi connectivity index (χ1) is 22.8. The molecule has 1 heterocycles. The molecule has 0 spiro atoms. The van der Waals surface area contributed by atoms with Gasteiger partial charge >= 0.3 is 12.0 Å². The second-order valence-electron chi connectivity index (χ2n) is 10.1. The molecule has 3 aromatic rings. The lowest BCUT2D eigenvalue weighted by atomic mass is 9.95. The molecule has 3 aromatic carbocycles. The minimum atomic E-state index is -1.17. The summed E-state index contributed by atoms with van der Waals surface area (Å²) in [5.74, 6) is 1.15. The van der Waals surface area contributed by atoms with Crippen LogP contribution in [0.5, 0.6) is 23.0 Å². The van der Waals surface area contributed by atoms with Crippen molar-refractivity contribution in [3.05, 3.63) is 94.2 Å². The van der Waals surface area contributed by atoms with Gasteiger partial charge < -0.3 is 39.4 Å². The molecule has 47 heavy (non-hydrogen) atoms. The molecule has 4 N–H and O–H groups in total. The Balaban J connectivity index is 1.38. The van der Waals surface area contributed by atoms with Crippen molar-refractivity contribution in [2.75, 3.05) is 26.9 Å². The van der Waals surface area contributed by atoms with E-state index in [-0.39, 0.29) is 18.8 Å². The summed E-state index contributed by atoms with van der Waals surface area (Å²) in [5, 5.41) is 29.3. The lowest BCUT2D eigenvalue weighted by Crippen LogP contribution is -2.45. The number of methoxy groups -OCH3 is 1. The molecular formula is C34H37N5O8. The van der Waals surface area contributed by atoms with Crippen LogP contribution in [0.15, 0.2) is 77.0 Å². The molecule has 13 nitrogen and oxygen atoms in total. The number of rotatable bonds is 15. The van der Waals surface area contributed by atoms with Gasteiger partial charge in [0, 0.05) is 11.3 Å². The van der Waals surface area contributed by atoms with Crippen LogP contribution in [0, 0.1) is 11.3 Å². The number of nitrogens with one attached hydrogen (secondary N) is 3. The van der Waals surface area contributed by atoms with E-state index in [2.05, 4.69) is 27.2 Å². The number of carbonyl (C=O) groups excluding carboxylic acids is 2. The van der Waals surface area contributed by atoms with Gasteiger partial charge in [-0.25, -0.2) is 9.59 Å². The van der Waals surface area contributed by atoms with Gasteiger partial charge in [-0.1, -0.05) is 24.3 Å². The molecular weight excluding hydrogens is 606 g/mol. The number of amides is 2. The Hall–Kier alpha value is -5.74. The Labute approximate surface area is 272 Å². The second kappa shape index (κ2) is 16.5. The Kier molecular flexibility index (Phi) is 12.0. The zero-order chi connectivity index (χ0) is 33.8. The first-order valence-corrected chi connectivity index (χ1v) is 14.9. The van der Waals surface area contributed by atoms with Crippen LogP contribution in [0.1, 0.15) is 49.1 Å². The highest BCUT2D eigenvalue weighted by molar-refractivity contribution is 5.95. The van der Waals surface area contributed by atoms with Gasteiger partial charge in [-0.3, -0.25) is 5.43 Å². The molecule has 13 heteroatoms. The number of aliphatic hydroxyl groups excluding tert-OH is 1. The Bertz CT molecular complexity index is 1680. The summed E-state index contributed by atoms with van der Waals surface area (Å²) in [6.07, 6.45) is 0.345. The summed E-state index contributed by atoms with van der Waals surface area (Å²) in [4.78, 5) is 24.6. The third-order valence-corrected chi connectivity index (χ3v) is 6.90. The van der Waals surface area contributed by atoms with Gasteiger partial charge in [0.2, 0.25) is 0 Å². The number of nitrogens with zero attached hydrogens (tertiary/aromatic N) is 2. The average Bonchev–Trinajstić information content (AvgIpc) is 3.07. The molecule has 246 valence electrons. The summed E-state index contributed by atoms with van der Waals surface area (Å²) in [6.45, 7) is 6.06. The minimum absolute atomic E-state index is 0.172. The number of aliphatic hydroxyl groups is 1. The number of hydrazone groups is 1. The lowest BCUT2D eigenvalue weighted by molar-refractivity contribution is -0.136. The van der Waals surface area contributed by atoms with Crippen LogP contribution in [0.3, 0.4) is 0 Å². The number of hydrogen-bond acceptors (Lipinski definition) is 11. The molecule has 4 rings (SSSR count). The number of ether oxygens (including phenoxy) is 5. The molecule has 1 aliphatic heterocycles. The van der Waals surface area contributed by atoms with Gasteiger partial charge in [0.05, 0.1) is 49.8 Å². The van der Waals surface area contributed by atoms with Crippen molar-refractivity contribution >= 4 is 18.2 Å². The van der Waals surface area contributed by atoms with E-state index in [4.69, 9.17) is 23.7 Å². The standard InChI is InChI=1S/C34H37N5O8/c1-5-44-28-15-22(11-13-26(28)46-19-25-10-8-7-9-24(25)17-35)18-36-39-30(40)20-47-27-14-12-23(16-29(27)45-6-2)32-31(33(41)43-4)21(3)37-34(42)38-32/h7-16,18,30,32,39-40H,5-6,19-20H2,1-4H3,(H2,37,38,42)/b36-18-/t30-,32-/m1/s1. The lowest BCUT2D eigenvalue weighted by Gasteiger charge is -2.28. The van der Waals surface area contributed by atoms with Crippen LogP contribution in [0.4, 0.5) is 4.79 Å². The molecule has 0 bridgehead atoms. The van der Waals surface area contributed by atoms with E-state index in [1.807, 2.05) is 19.1 Å². The highest BCUT2D eigenvalue weighted by Gasteiger charge is 2.32. The van der Waals surface area contributed by atoms with Gasteiger partial charge in [0.15, 0.2) is 29.2 Å². The van der Waals surface area contributed by atoms with Crippen LogP contribution < -0.4 is 35.0 Å². The van der Waals surface area contributed by atoms with Crippen LogP contribution in [0.25, 0.3) is 0 Å². The van der Waals surface area contributed by atoms with Crippen LogP contribution in [-0.4, -0.2) is 56.5 Å². The third-order valence-electron chi connectivity index (χ3n) is 6.90. The van der Waals surface area contributed by atoms with Crippen molar-refractivity contribution in [1.29, 1.82) is 5.26 Å². The van der Waals surface area contributed by atoms with Gasteiger partial charge in [0.25, 0.3) is 0 Å². The predicted molar refractivity (Wildman–Crippen MR) is 172 cm³/mol. The van der Waals surface area contributed by atoms with E-state index in [1.165, 1.54) is 13.3 Å². The summed E-state index contributed by atoms with van der Waals surface area (Å²) in [7, 11) is 1.27. The zero-order valence-corrected chi connectivity index (χ0v) is 26.5. The number of nitriles is 1. The fourth-order valence-electron chi connectivity index (χ4n) is 4.72. The van der Waals surface area contributed by atoms with Crippen molar-refractivity contribution < 1.29 is 38.4 Å². The largest absolute Gasteiger partial charge is 0.490 e. The maximum Gasteiger partial charge on any atom is 0.337 e. The molecule has 0 aliphatic carbocycles. The predicted octanol–water partition coefficient (Wildman–Crippen LogP) is 4.06. The normalized spacial score (nSPS) is 14.8. The van der Waals surface area contributed by atoms with Crippen LogP contribution in [0.2, 0.25) is 0 Å². The molecule has 1 aliphatic rings. The Morgan fingerprint density at radius 3 is 2.45 bits per heavy atom. The average molecular weight is 644 g/mol. The highest BCUT2D eigenvalue weighted by atomic mass is 16.5. The van der Waals surface area contributed by atoms with Crippen LogP contribution in [-0.2, 0) is 16.1 Å². The number of allylic oxidation sites excluding steroid dienone is 1. The fraction of sp³-hybridized carbons (Fsp3) is 0.294. The molecule has 0 saturated heterocycles. The highest BCUT2D eigenvalue weighted by Crippen LogP contribution is 2.35. The second-order valence-corrected chi connectivity index (χ2v) is 10.1. The first-order valence-electron chi connectivity index (χ1n) is 14.9. The van der Waals surface area contributed by atoms with Crippen molar-refractivity contribution in [2.45, 2.75) is 39.6 Å². The van der Waals surface area contributed by atoms with Crippen molar-refractivity contribution in [3.63, 3.8) is 0 Å². The third kappa shape index (κ3) is 8.93. The molecule has 0 aromatic heterocycles. The number of urea groups is 1. The summed E-state index contributed by atoms with van der Waals surface area (Å²) in [5.41, 5.74) is 5.84. The first kappa shape index (κ1) is 34.1. The molecule has 0 saturated carbocycles. The Morgan fingerprint density at radius 2 is 1.72 bits per heavy atom. The molecule has 0 fully saturated rings. The maximum atomic E-state index is 12.5. The summed E-state index contributed by atoms with van der Waals surface area (Å²) >= 11 is 0. The number of hydrogen-bond donors (Lipinski definition) is 4. The van der Waals surface area contributed by atoms with Gasteiger partial charge in [-0.15, -0.1) is 0 Å². The number of carbonyl (C=O) groups is 2. The zero-order valence-electron chi connectivity index (χ0n) is 26.5. The SMILES string of the molecule is CCOc1cc(/C=N\N[C@H](O)COc2ccc([C@H]3NC(=O)NC(C)=C3C(=O)OC)cc2OCC)ccc1OCc1ccccc1C#N. The molecule has 2 atom stereocenters. The van der Waals surface area contributed by atoms with Crippen molar-refractivity contribution in [2.24, 2.45) is 5.10 Å². The van der Waals surface area contributed by atoms with E-state index in [0.717, 1.165) is 5.56 Å². The minimum Gasteiger partial charge on any atom is -0.490 e. The Morgan fingerprint density at radius 1 is 1.02 bits per heavy atom. The number of benzene rings is 3.